The second kappa shape index (κ2) is 7.53. The molecule has 0 atom stereocenters. The minimum atomic E-state index is -3.61. The summed E-state index contributed by atoms with van der Waals surface area (Å²) in [5.41, 5.74) is 1.12. The molecule has 25 heavy (non-hydrogen) atoms. The molecule has 130 valence electrons. The van der Waals surface area contributed by atoms with E-state index < -0.39 is 10.0 Å². The zero-order chi connectivity index (χ0) is 17.9. The summed E-state index contributed by atoms with van der Waals surface area (Å²) in [6, 6.07) is 13.8. The van der Waals surface area contributed by atoms with Gasteiger partial charge in [0.25, 0.3) is 0 Å². The molecule has 0 bridgehead atoms. The van der Waals surface area contributed by atoms with Crippen LogP contribution in [0.15, 0.2) is 53.1 Å². The molecule has 0 amide bonds. The molecular formula is C16H13Cl2N3O3S. The second-order valence-electron chi connectivity index (χ2n) is 5.16. The molecule has 0 unspecified atom stereocenters. The molecule has 3 rings (SSSR count). The van der Waals surface area contributed by atoms with E-state index in [0.29, 0.717) is 27.0 Å². The third kappa shape index (κ3) is 4.58. The molecule has 0 aliphatic carbocycles. The average molecular weight is 398 g/mol. The summed E-state index contributed by atoms with van der Waals surface area (Å²) in [4.78, 5) is 4.15. The smallest absolute Gasteiger partial charge is 0.242 e. The molecule has 2 aromatic carbocycles. The fourth-order valence-electron chi connectivity index (χ4n) is 2.12. The van der Waals surface area contributed by atoms with Crippen molar-refractivity contribution in [2.45, 2.75) is 12.3 Å². The molecule has 0 aliphatic rings. The quantitative estimate of drug-likeness (QED) is 0.685. The molecule has 1 aromatic heterocycles. The van der Waals surface area contributed by atoms with Gasteiger partial charge in [-0.15, -0.1) is 0 Å². The summed E-state index contributed by atoms with van der Waals surface area (Å²) in [5, 5.41) is 4.70. The molecule has 9 heteroatoms. The van der Waals surface area contributed by atoms with E-state index >= 15 is 0 Å². The number of hydrogen-bond acceptors (Lipinski definition) is 5. The van der Waals surface area contributed by atoms with Crippen LogP contribution in [0.2, 0.25) is 10.0 Å². The first kappa shape index (κ1) is 17.9. The highest BCUT2D eigenvalue weighted by Gasteiger charge is 2.16. The van der Waals surface area contributed by atoms with Gasteiger partial charge in [-0.05, 0) is 23.8 Å². The minimum Gasteiger partial charge on any atom is -0.338 e. The number of aromatic nitrogens is 2. The van der Waals surface area contributed by atoms with Crippen molar-refractivity contribution in [2.24, 2.45) is 0 Å². The second-order valence-corrected chi connectivity index (χ2v) is 7.78. The van der Waals surface area contributed by atoms with Gasteiger partial charge in [-0.2, -0.15) is 4.98 Å². The summed E-state index contributed by atoms with van der Waals surface area (Å²) in [5.74, 6) is 0.196. The Kier molecular flexibility index (Phi) is 5.39. The zero-order valence-corrected chi connectivity index (χ0v) is 15.1. The number of sulfonamides is 1. The lowest BCUT2D eigenvalue weighted by Gasteiger charge is -2.06. The lowest BCUT2D eigenvalue weighted by molar-refractivity contribution is 0.376. The Morgan fingerprint density at radius 3 is 2.40 bits per heavy atom. The van der Waals surface area contributed by atoms with Gasteiger partial charge in [0.15, 0.2) is 0 Å². The minimum absolute atomic E-state index is 0.121. The Bertz CT molecular complexity index is 990. The van der Waals surface area contributed by atoms with E-state index in [1.807, 2.05) is 0 Å². The highest BCUT2D eigenvalue weighted by atomic mass is 35.5. The molecule has 1 N–H and O–H groups in total. The summed E-state index contributed by atoms with van der Waals surface area (Å²) in [6.45, 7) is -0.121. The molecule has 0 fully saturated rings. The zero-order valence-electron chi connectivity index (χ0n) is 12.8. The van der Waals surface area contributed by atoms with Gasteiger partial charge in [0.2, 0.25) is 21.7 Å². The summed E-state index contributed by atoms with van der Waals surface area (Å²) >= 11 is 12.1. The van der Waals surface area contributed by atoms with Gasteiger partial charge in [0.05, 0.1) is 17.3 Å². The lowest BCUT2D eigenvalue weighted by atomic mass is 10.2. The van der Waals surface area contributed by atoms with Crippen LogP contribution in [0.25, 0.3) is 11.4 Å². The van der Waals surface area contributed by atoms with Crippen LogP contribution in [-0.2, 0) is 22.3 Å². The molecular weight excluding hydrogens is 385 g/mol. The predicted octanol–water partition coefficient (Wildman–Crippen LogP) is 3.66. The highest BCUT2D eigenvalue weighted by molar-refractivity contribution is 7.88. The summed E-state index contributed by atoms with van der Waals surface area (Å²) < 4.78 is 31.8. The van der Waals surface area contributed by atoms with E-state index in [0.717, 1.165) is 0 Å². The fourth-order valence-corrected chi connectivity index (χ4v) is 3.73. The molecule has 6 nitrogen and oxygen atoms in total. The Morgan fingerprint density at radius 2 is 1.68 bits per heavy atom. The number of benzene rings is 2. The number of nitrogens with one attached hydrogen (secondary N) is 1. The third-order valence-corrected chi connectivity index (χ3v) is 5.30. The van der Waals surface area contributed by atoms with Crippen molar-refractivity contribution in [3.8, 4) is 11.4 Å². The number of nitrogens with zero attached hydrogens (tertiary/aromatic N) is 2. The van der Waals surface area contributed by atoms with Crippen LogP contribution in [0, 0.1) is 0 Å². The van der Waals surface area contributed by atoms with Gasteiger partial charge in [0.1, 0.15) is 0 Å². The van der Waals surface area contributed by atoms with Gasteiger partial charge in [-0.1, -0.05) is 58.7 Å². The number of rotatable bonds is 6. The SMILES string of the molecule is O=S(=O)(Cc1ccccc1Cl)NCc1nc(-c2ccccc2Cl)no1. The Balaban J connectivity index is 1.68. The Hall–Kier alpha value is -1.93. The van der Waals surface area contributed by atoms with Crippen LogP contribution >= 0.6 is 23.2 Å². The Labute approximate surface area is 154 Å². The van der Waals surface area contributed by atoms with Gasteiger partial charge in [-0.25, -0.2) is 13.1 Å². The topological polar surface area (TPSA) is 85.1 Å². The normalized spacial score (nSPS) is 11.6. The van der Waals surface area contributed by atoms with E-state index in [4.69, 9.17) is 27.7 Å². The number of hydrogen-bond donors (Lipinski definition) is 1. The van der Waals surface area contributed by atoms with Crippen LogP contribution < -0.4 is 4.72 Å². The molecule has 0 aliphatic heterocycles. The first-order valence-corrected chi connectivity index (χ1v) is 9.64. The monoisotopic (exact) mass is 397 g/mol. The van der Waals surface area contributed by atoms with E-state index in [1.165, 1.54) is 0 Å². The largest absolute Gasteiger partial charge is 0.338 e. The van der Waals surface area contributed by atoms with Gasteiger partial charge in [-0.3, -0.25) is 0 Å². The first-order valence-electron chi connectivity index (χ1n) is 7.23. The van der Waals surface area contributed by atoms with Crippen LogP contribution in [0.5, 0.6) is 0 Å². The van der Waals surface area contributed by atoms with E-state index in [2.05, 4.69) is 14.9 Å². The van der Waals surface area contributed by atoms with Crippen molar-refractivity contribution < 1.29 is 12.9 Å². The van der Waals surface area contributed by atoms with Crippen molar-refractivity contribution in [3.05, 3.63) is 70.0 Å². The van der Waals surface area contributed by atoms with Gasteiger partial charge in [0, 0.05) is 10.6 Å². The standard InChI is InChI=1S/C16H13Cl2N3O3S/c17-13-7-3-1-5-11(13)10-25(22,23)19-9-15-20-16(21-24-15)12-6-2-4-8-14(12)18/h1-8,19H,9-10H2. The average Bonchev–Trinajstić information content (AvgIpc) is 3.04. The van der Waals surface area contributed by atoms with E-state index in [-0.39, 0.29) is 18.2 Å². The molecule has 1 heterocycles. The maximum absolute atomic E-state index is 12.2. The molecule has 0 radical (unpaired) electrons. The van der Waals surface area contributed by atoms with Gasteiger partial charge < -0.3 is 4.52 Å². The van der Waals surface area contributed by atoms with Crippen molar-refractivity contribution in [2.75, 3.05) is 0 Å². The van der Waals surface area contributed by atoms with Crippen molar-refractivity contribution >= 4 is 33.2 Å². The van der Waals surface area contributed by atoms with E-state index in [9.17, 15) is 8.42 Å². The summed E-state index contributed by atoms with van der Waals surface area (Å²) in [6.07, 6.45) is 0. The van der Waals surface area contributed by atoms with Crippen LogP contribution in [0.4, 0.5) is 0 Å². The predicted molar refractivity (Wildman–Crippen MR) is 95.7 cm³/mol. The van der Waals surface area contributed by atoms with Crippen LogP contribution in [0.1, 0.15) is 11.5 Å². The first-order chi connectivity index (χ1) is 11.9. The van der Waals surface area contributed by atoms with Crippen molar-refractivity contribution in [1.82, 2.24) is 14.9 Å². The number of halogens is 2. The van der Waals surface area contributed by atoms with Gasteiger partial charge >= 0.3 is 0 Å². The fraction of sp³-hybridized carbons (Fsp3) is 0.125. The van der Waals surface area contributed by atoms with Crippen LogP contribution in [-0.4, -0.2) is 18.6 Å². The summed E-state index contributed by atoms with van der Waals surface area (Å²) in [7, 11) is -3.61. The lowest BCUT2D eigenvalue weighted by Crippen LogP contribution is -2.25. The van der Waals surface area contributed by atoms with Crippen LogP contribution in [0.3, 0.4) is 0 Å². The molecule has 0 saturated heterocycles. The Morgan fingerprint density at radius 1 is 1.00 bits per heavy atom. The highest BCUT2D eigenvalue weighted by Crippen LogP contribution is 2.25. The van der Waals surface area contributed by atoms with Crippen molar-refractivity contribution in [1.29, 1.82) is 0 Å². The molecule has 0 spiro atoms. The maximum atomic E-state index is 12.2. The van der Waals surface area contributed by atoms with Crippen molar-refractivity contribution in [3.63, 3.8) is 0 Å². The molecule has 0 saturated carbocycles. The third-order valence-electron chi connectivity index (χ3n) is 3.33. The maximum Gasteiger partial charge on any atom is 0.242 e. The molecule has 3 aromatic rings. The van der Waals surface area contributed by atoms with E-state index in [1.54, 1.807) is 48.5 Å².